The second-order valence-electron chi connectivity index (χ2n) is 3.88. The van der Waals surface area contributed by atoms with Gasteiger partial charge in [-0.05, 0) is 18.6 Å². The molecule has 0 amide bonds. The summed E-state index contributed by atoms with van der Waals surface area (Å²) in [5, 5.41) is 10.8. The lowest BCUT2D eigenvalue weighted by atomic mass is 10.2. The van der Waals surface area contributed by atoms with E-state index in [2.05, 4.69) is 0 Å². The van der Waals surface area contributed by atoms with Crippen LogP contribution in [0, 0.1) is 15.9 Å². The molecule has 1 aliphatic heterocycles. The minimum absolute atomic E-state index is 0.0321. The Bertz CT molecular complexity index is 425. The molecule has 1 aromatic rings. The van der Waals surface area contributed by atoms with Crippen molar-refractivity contribution in [2.75, 3.05) is 18.0 Å². The first-order chi connectivity index (χ1) is 7.58. The molecule has 6 heteroatoms. The molecule has 2 rings (SSSR count). The van der Waals surface area contributed by atoms with E-state index in [1.165, 1.54) is 12.1 Å². The molecule has 0 bridgehead atoms. The van der Waals surface area contributed by atoms with E-state index < -0.39 is 10.7 Å². The summed E-state index contributed by atoms with van der Waals surface area (Å²) in [4.78, 5) is 12.0. The zero-order valence-electron chi connectivity index (χ0n) is 8.60. The predicted octanol–water partition coefficient (Wildman–Crippen LogP) is 1.27. The van der Waals surface area contributed by atoms with Crippen molar-refractivity contribution in [3.63, 3.8) is 0 Å². The lowest BCUT2D eigenvalue weighted by Crippen LogP contribution is -2.26. The highest BCUT2D eigenvalue weighted by Gasteiger charge is 2.25. The Morgan fingerprint density at radius 1 is 1.56 bits per heavy atom. The van der Waals surface area contributed by atoms with Crippen LogP contribution in [0.25, 0.3) is 0 Å². The maximum Gasteiger partial charge on any atom is 0.295 e. The van der Waals surface area contributed by atoms with Gasteiger partial charge in [0.2, 0.25) is 0 Å². The van der Waals surface area contributed by atoms with Gasteiger partial charge < -0.3 is 10.6 Å². The first-order valence-electron chi connectivity index (χ1n) is 5.02. The minimum atomic E-state index is -0.598. The fraction of sp³-hybridized carbons (Fsp3) is 0.400. The van der Waals surface area contributed by atoms with Crippen molar-refractivity contribution in [2.45, 2.75) is 12.5 Å². The van der Waals surface area contributed by atoms with Crippen molar-refractivity contribution >= 4 is 11.4 Å². The van der Waals surface area contributed by atoms with Crippen LogP contribution in [0.4, 0.5) is 15.8 Å². The van der Waals surface area contributed by atoms with Crippen molar-refractivity contribution in [1.29, 1.82) is 0 Å². The average molecular weight is 225 g/mol. The van der Waals surface area contributed by atoms with Gasteiger partial charge in [0.15, 0.2) is 0 Å². The predicted molar refractivity (Wildman–Crippen MR) is 57.9 cm³/mol. The van der Waals surface area contributed by atoms with Crippen LogP contribution >= 0.6 is 0 Å². The molecule has 1 fully saturated rings. The highest BCUT2D eigenvalue weighted by molar-refractivity contribution is 5.63. The summed E-state index contributed by atoms with van der Waals surface area (Å²) >= 11 is 0. The second kappa shape index (κ2) is 4.05. The van der Waals surface area contributed by atoms with E-state index in [0.717, 1.165) is 12.5 Å². The molecule has 1 saturated heterocycles. The fourth-order valence-electron chi connectivity index (χ4n) is 1.92. The lowest BCUT2D eigenvalue weighted by Gasteiger charge is -2.17. The van der Waals surface area contributed by atoms with Crippen molar-refractivity contribution in [2.24, 2.45) is 5.73 Å². The van der Waals surface area contributed by atoms with E-state index in [4.69, 9.17) is 5.73 Å². The summed E-state index contributed by atoms with van der Waals surface area (Å²) in [6.45, 7) is 1.25. The molecular formula is C10H12FN3O2. The average Bonchev–Trinajstić information content (AvgIpc) is 2.64. The highest BCUT2D eigenvalue weighted by atomic mass is 19.1. The number of nitro groups is 1. The third-order valence-corrected chi connectivity index (χ3v) is 2.70. The summed E-state index contributed by atoms with van der Waals surface area (Å²) in [5.41, 5.74) is 5.98. The van der Waals surface area contributed by atoms with Crippen LogP contribution < -0.4 is 10.6 Å². The van der Waals surface area contributed by atoms with E-state index in [-0.39, 0.29) is 11.7 Å². The van der Waals surface area contributed by atoms with Gasteiger partial charge in [0, 0.05) is 19.1 Å². The number of benzene rings is 1. The van der Waals surface area contributed by atoms with Gasteiger partial charge >= 0.3 is 0 Å². The summed E-state index contributed by atoms with van der Waals surface area (Å²) in [6, 6.07) is 3.64. The normalized spacial score (nSPS) is 20.1. The molecule has 1 aromatic carbocycles. The molecule has 86 valence electrons. The Morgan fingerprint density at radius 2 is 2.31 bits per heavy atom. The zero-order valence-corrected chi connectivity index (χ0v) is 8.60. The van der Waals surface area contributed by atoms with Gasteiger partial charge in [-0.1, -0.05) is 0 Å². The lowest BCUT2D eigenvalue weighted by molar-refractivity contribution is -0.384. The molecule has 16 heavy (non-hydrogen) atoms. The van der Waals surface area contributed by atoms with Gasteiger partial charge in [-0.2, -0.15) is 0 Å². The number of nitrogens with zero attached hydrogens (tertiary/aromatic N) is 2. The third-order valence-electron chi connectivity index (χ3n) is 2.70. The van der Waals surface area contributed by atoms with Gasteiger partial charge in [0.05, 0.1) is 11.0 Å². The van der Waals surface area contributed by atoms with E-state index in [9.17, 15) is 14.5 Å². The third kappa shape index (κ3) is 1.96. The molecule has 0 aliphatic carbocycles. The van der Waals surface area contributed by atoms with Crippen molar-refractivity contribution in [3.05, 3.63) is 34.1 Å². The molecule has 1 aliphatic rings. The molecular weight excluding hydrogens is 213 g/mol. The second-order valence-corrected chi connectivity index (χ2v) is 3.88. The van der Waals surface area contributed by atoms with Crippen LogP contribution in [-0.2, 0) is 0 Å². The molecule has 0 spiro atoms. The molecule has 1 unspecified atom stereocenters. The molecule has 5 nitrogen and oxygen atoms in total. The van der Waals surface area contributed by atoms with Gasteiger partial charge in [0.1, 0.15) is 11.5 Å². The van der Waals surface area contributed by atoms with Gasteiger partial charge in [0.25, 0.3) is 5.69 Å². The van der Waals surface area contributed by atoms with E-state index in [1.54, 1.807) is 0 Å². The molecule has 2 N–H and O–H groups in total. The number of nitro benzene ring substituents is 1. The first-order valence-corrected chi connectivity index (χ1v) is 5.02. The standard InChI is InChI=1S/C10H12FN3O2/c11-7-1-2-9(10(5-7)14(15)16)13-4-3-8(12)6-13/h1-2,5,8H,3-4,6,12H2. The minimum Gasteiger partial charge on any atom is -0.364 e. The van der Waals surface area contributed by atoms with Crippen LogP contribution in [0.15, 0.2) is 18.2 Å². The molecule has 0 aromatic heterocycles. The smallest absolute Gasteiger partial charge is 0.295 e. The van der Waals surface area contributed by atoms with E-state index >= 15 is 0 Å². The van der Waals surface area contributed by atoms with Gasteiger partial charge in [-0.15, -0.1) is 0 Å². The Hall–Kier alpha value is -1.69. The SMILES string of the molecule is NC1CCN(c2ccc(F)cc2[N+](=O)[O-])C1. The number of rotatable bonds is 2. The zero-order chi connectivity index (χ0) is 11.7. The Kier molecular flexibility index (Phi) is 2.74. The van der Waals surface area contributed by atoms with Gasteiger partial charge in [-0.3, -0.25) is 10.1 Å². The van der Waals surface area contributed by atoms with Crippen molar-refractivity contribution in [3.8, 4) is 0 Å². The highest BCUT2D eigenvalue weighted by Crippen LogP contribution is 2.30. The maximum absolute atomic E-state index is 12.9. The van der Waals surface area contributed by atoms with E-state index in [0.29, 0.717) is 18.8 Å². The topological polar surface area (TPSA) is 72.4 Å². The van der Waals surface area contributed by atoms with Crippen LogP contribution in [0.3, 0.4) is 0 Å². The summed E-state index contributed by atoms with van der Waals surface area (Å²) < 4.78 is 12.9. The number of anilines is 1. The van der Waals surface area contributed by atoms with E-state index in [1.807, 2.05) is 4.90 Å². The first kappa shape index (κ1) is 10.8. The number of halogens is 1. The van der Waals surface area contributed by atoms with Gasteiger partial charge in [-0.25, -0.2) is 4.39 Å². The summed E-state index contributed by atoms with van der Waals surface area (Å²) in [6.07, 6.45) is 0.800. The van der Waals surface area contributed by atoms with Crippen molar-refractivity contribution < 1.29 is 9.31 Å². The maximum atomic E-state index is 12.9. The monoisotopic (exact) mass is 225 g/mol. The van der Waals surface area contributed by atoms with Crippen LogP contribution in [0.1, 0.15) is 6.42 Å². The number of nitrogens with two attached hydrogens (primary N) is 1. The molecule has 1 atom stereocenters. The Morgan fingerprint density at radius 3 is 2.88 bits per heavy atom. The Balaban J connectivity index is 2.36. The summed E-state index contributed by atoms with van der Waals surface area (Å²) in [5.74, 6) is -0.598. The number of hydrogen-bond donors (Lipinski definition) is 1. The molecule has 1 heterocycles. The van der Waals surface area contributed by atoms with Crippen LogP contribution in [0.5, 0.6) is 0 Å². The quantitative estimate of drug-likeness (QED) is 0.607. The van der Waals surface area contributed by atoms with Crippen LogP contribution in [-0.4, -0.2) is 24.1 Å². The molecule has 0 radical (unpaired) electrons. The van der Waals surface area contributed by atoms with Crippen molar-refractivity contribution in [1.82, 2.24) is 0 Å². The van der Waals surface area contributed by atoms with Crippen LogP contribution in [0.2, 0.25) is 0 Å². The summed E-state index contributed by atoms with van der Waals surface area (Å²) in [7, 11) is 0. The fourth-order valence-corrected chi connectivity index (χ4v) is 1.92. The Labute approximate surface area is 91.8 Å². The number of hydrogen-bond acceptors (Lipinski definition) is 4. The largest absolute Gasteiger partial charge is 0.364 e. The molecule has 0 saturated carbocycles.